The summed E-state index contributed by atoms with van der Waals surface area (Å²) in [6.07, 6.45) is 2.17. The first-order chi connectivity index (χ1) is 18.3. The summed E-state index contributed by atoms with van der Waals surface area (Å²) in [5.74, 6) is -0.516. The Morgan fingerprint density at radius 3 is 2.68 bits per heavy atom. The lowest BCUT2D eigenvalue weighted by Gasteiger charge is -2.31. The first kappa shape index (κ1) is 28.5. The van der Waals surface area contributed by atoms with Gasteiger partial charge in [0, 0.05) is 69.4 Å². The molecule has 0 aliphatic carbocycles. The van der Waals surface area contributed by atoms with Gasteiger partial charge in [-0.05, 0) is 19.2 Å². The van der Waals surface area contributed by atoms with Crippen LogP contribution in [0.4, 0.5) is 5.13 Å². The summed E-state index contributed by atoms with van der Waals surface area (Å²) < 4.78 is 31.8. The number of hydrogen-bond donors (Lipinski definition) is 2. The number of anilines is 1. The second-order valence-electron chi connectivity index (χ2n) is 9.27. The number of sulfonamides is 1. The van der Waals surface area contributed by atoms with Crippen LogP contribution < -0.4 is 5.32 Å². The molecule has 0 spiro atoms. The molecule has 2 fully saturated rings. The highest BCUT2D eigenvalue weighted by atomic mass is 32.2. The van der Waals surface area contributed by atoms with Gasteiger partial charge < -0.3 is 19.6 Å². The number of carbonyl (C=O) groups excluding carboxylic acids is 1. The van der Waals surface area contributed by atoms with E-state index in [-0.39, 0.29) is 29.9 Å². The van der Waals surface area contributed by atoms with E-state index in [1.165, 1.54) is 42.6 Å². The van der Waals surface area contributed by atoms with E-state index in [0.717, 1.165) is 41.9 Å². The van der Waals surface area contributed by atoms with Gasteiger partial charge in [0.2, 0.25) is 10.0 Å². The lowest BCUT2D eigenvalue weighted by atomic mass is 10.1. The molecule has 2 N–H and O–H groups in total. The molecular formula is C24H34N6O6S2. The lowest BCUT2D eigenvalue weighted by Crippen LogP contribution is -2.43. The molecule has 12 nitrogen and oxygen atoms in total. The van der Waals surface area contributed by atoms with Crippen molar-refractivity contribution in [3.05, 3.63) is 40.9 Å². The van der Waals surface area contributed by atoms with E-state index in [1.807, 2.05) is 0 Å². The molecule has 2 aliphatic rings. The molecule has 2 aliphatic heterocycles. The summed E-state index contributed by atoms with van der Waals surface area (Å²) in [5, 5.41) is 16.5. The van der Waals surface area contributed by atoms with Gasteiger partial charge in [0.05, 0.1) is 24.7 Å². The van der Waals surface area contributed by atoms with Crippen LogP contribution >= 0.6 is 11.3 Å². The molecule has 0 unspecified atom stereocenters. The molecule has 4 rings (SSSR count). The predicted molar refractivity (Wildman–Crippen MR) is 144 cm³/mol. The van der Waals surface area contributed by atoms with E-state index < -0.39 is 15.9 Å². The zero-order chi connectivity index (χ0) is 27.1. The summed E-state index contributed by atoms with van der Waals surface area (Å²) >= 11 is 1.41. The van der Waals surface area contributed by atoms with Gasteiger partial charge in [0.25, 0.3) is 5.91 Å². The first-order valence-corrected chi connectivity index (χ1v) is 14.7. The van der Waals surface area contributed by atoms with Crippen molar-refractivity contribution < 1.29 is 27.9 Å². The van der Waals surface area contributed by atoms with Gasteiger partial charge in [-0.1, -0.05) is 17.3 Å². The number of rotatable bonds is 11. The summed E-state index contributed by atoms with van der Waals surface area (Å²) in [6.45, 7) is 5.40. The van der Waals surface area contributed by atoms with Crippen LogP contribution in [0, 0.1) is 0 Å². The third-order valence-corrected chi connectivity index (χ3v) is 9.16. The number of oxime groups is 1. The van der Waals surface area contributed by atoms with Crippen molar-refractivity contribution in [2.24, 2.45) is 5.16 Å². The fourth-order valence-corrected chi connectivity index (χ4v) is 6.01. The maximum atomic E-state index is 13.3. The fourth-order valence-electron chi connectivity index (χ4n) is 4.00. The number of carbonyl (C=O) groups is 1. The monoisotopic (exact) mass is 566 g/mol. The van der Waals surface area contributed by atoms with Crippen LogP contribution in [-0.4, -0.2) is 117 Å². The fraction of sp³-hybridized carbons (Fsp3) is 0.542. The van der Waals surface area contributed by atoms with Gasteiger partial charge in [-0.15, -0.1) is 11.3 Å². The third-order valence-electron chi connectivity index (χ3n) is 6.40. The van der Waals surface area contributed by atoms with Crippen LogP contribution in [-0.2, 0) is 30.9 Å². The van der Waals surface area contributed by atoms with E-state index in [2.05, 4.69) is 32.3 Å². The number of aliphatic hydroxyl groups is 1. The Bertz CT molecular complexity index is 1210. The molecule has 3 heterocycles. The number of hydrogen-bond acceptors (Lipinski definition) is 11. The van der Waals surface area contributed by atoms with Crippen LogP contribution in [0.3, 0.4) is 0 Å². The van der Waals surface area contributed by atoms with Crippen LogP contribution in [0.1, 0.15) is 16.9 Å². The molecule has 0 bridgehead atoms. The maximum Gasteiger partial charge on any atom is 0.280 e. The van der Waals surface area contributed by atoms with Crippen LogP contribution in [0.2, 0.25) is 0 Å². The van der Waals surface area contributed by atoms with Crippen molar-refractivity contribution >= 4 is 38.1 Å². The average molecular weight is 567 g/mol. The maximum absolute atomic E-state index is 13.3. The molecule has 1 amide bonds. The summed E-state index contributed by atoms with van der Waals surface area (Å²) in [6, 6.07) is 5.82. The summed E-state index contributed by atoms with van der Waals surface area (Å²) in [7, 11) is -0.274. The van der Waals surface area contributed by atoms with Crippen molar-refractivity contribution in [3.63, 3.8) is 0 Å². The Morgan fingerprint density at radius 1 is 1.29 bits per heavy atom. The summed E-state index contributed by atoms with van der Waals surface area (Å²) in [5.41, 5.74) is 0.389. The lowest BCUT2D eigenvalue weighted by molar-refractivity contribution is -0.110. The number of piperazine rings is 1. The van der Waals surface area contributed by atoms with Crippen molar-refractivity contribution in [1.82, 2.24) is 19.1 Å². The van der Waals surface area contributed by atoms with Crippen LogP contribution in [0.5, 0.6) is 0 Å². The first-order valence-electron chi connectivity index (χ1n) is 12.4. The summed E-state index contributed by atoms with van der Waals surface area (Å²) in [4.78, 5) is 29.0. The van der Waals surface area contributed by atoms with Gasteiger partial charge in [0.1, 0.15) is 0 Å². The average Bonchev–Trinajstić information content (AvgIpc) is 3.58. The van der Waals surface area contributed by atoms with Gasteiger partial charge in [0.15, 0.2) is 16.9 Å². The van der Waals surface area contributed by atoms with E-state index in [1.54, 1.807) is 6.20 Å². The number of nitrogens with one attached hydrogen (secondary N) is 1. The van der Waals surface area contributed by atoms with Gasteiger partial charge in [-0.2, -0.15) is 4.31 Å². The molecule has 1 aromatic carbocycles. The largest absolute Gasteiger partial charge is 0.395 e. The topological polar surface area (TPSA) is 137 Å². The van der Waals surface area contributed by atoms with Gasteiger partial charge in [-0.25, -0.2) is 13.4 Å². The second kappa shape index (κ2) is 13.1. The Labute approximate surface area is 226 Å². The van der Waals surface area contributed by atoms with Gasteiger partial charge >= 0.3 is 0 Å². The Balaban J connectivity index is 1.48. The van der Waals surface area contributed by atoms with E-state index in [4.69, 9.17) is 14.7 Å². The van der Waals surface area contributed by atoms with Crippen LogP contribution in [0.15, 0.2) is 40.5 Å². The molecule has 0 radical (unpaired) electrons. The minimum absolute atomic E-state index is 0.000350. The predicted octanol–water partition coefficient (Wildman–Crippen LogP) is 0.652. The van der Waals surface area contributed by atoms with Crippen LogP contribution in [0.25, 0.3) is 0 Å². The zero-order valence-corrected chi connectivity index (χ0v) is 23.2. The SMILES string of the molecule is CN1CCN(Cc2cnc(NC(=O)C(=NO[C@@H]3CCOC3)c3ccc(S(=O)(=O)N(C)CCO)cc3)s2)CC1. The highest BCUT2D eigenvalue weighted by Gasteiger charge is 2.24. The molecule has 208 valence electrons. The molecular weight excluding hydrogens is 532 g/mol. The number of nitrogens with zero attached hydrogens (tertiary/aromatic N) is 5. The molecule has 0 saturated carbocycles. The number of thiazole rings is 1. The van der Waals surface area contributed by atoms with E-state index in [0.29, 0.717) is 30.3 Å². The zero-order valence-electron chi connectivity index (χ0n) is 21.6. The molecule has 2 saturated heterocycles. The highest BCUT2D eigenvalue weighted by molar-refractivity contribution is 7.89. The number of amides is 1. The Hall–Kier alpha value is -2.46. The number of benzene rings is 1. The Kier molecular flexibility index (Phi) is 9.81. The number of ether oxygens (including phenoxy) is 1. The number of aliphatic hydroxyl groups excluding tert-OH is 1. The quantitative estimate of drug-likeness (QED) is 0.297. The molecule has 2 aromatic rings. The smallest absolute Gasteiger partial charge is 0.280 e. The number of aromatic nitrogens is 1. The van der Waals surface area contributed by atoms with Crippen molar-refractivity contribution in [2.75, 3.05) is 72.0 Å². The molecule has 14 heteroatoms. The molecule has 38 heavy (non-hydrogen) atoms. The molecule has 1 atom stereocenters. The van der Waals surface area contributed by atoms with E-state index in [9.17, 15) is 13.2 Å². The Morgan fingerprint density at radius 2 is 2.03 bits per heavy atom. The highest BCUT2D eigenvalue weighted by Crippen LogP contribution is 2.22. The van der Waals surface area contributed by atoms with Crippen molar-refractivity contribution in [3.8, 4) is 0 Å². The normalized spacial score (nSPS) is 19.7. The van der Waals surface area contributed by atoms with Crippen molar-refractivity contribution in [2.45, 2.75) is 24.0 Å². The third kappa shape index (κ3) is 7.34. The van der Waals surface area contributed by atoms with Gasteiger partial charge in [-0.3, -0.25) is 15.0 Å². The second-order valence-corrected chi connectivity index (χ2v) is 12.4. The standard InChI is InChI=1S/C24H34N6O6S2/c1-28-8-10-30(11-9-28)16-20-15-25-24(37-20)26-23(32)22(27-36-19-7-14-35-17-19)18-3-5-21(6-4-18)38(33,34)29(2)12-13-31/h3-6,15,19,31H,7-14,16-17H2,1-2H3,(H,25,26,32)/t19-/m1/s1. The molecule has 1 aromatic heterocycles. The van der Waals surface area contributed by atoms with Crippen molar-refractivity contribution in [1.29, 1.82) is 0 Å². The van der Waals surface area contributed by atoms with E-state index >= 15 is 0 Å². The minimum atomic E-state index is -3.78. The minimum Gasteiger partial charge on any atom is -0.395 e. The number of likely N-dealkylation sites (N-methyl/N-ethyl adjacent to an activating group) is 2.